The van der Waals surface area contributed by atoms with Crippen LogP contribution in [-0.4, -0.2) is 17.5 Å². The van der Waals surface area contributed by atoms with Gasteiger partial charge in [0.2, 0.25) is 0 Å². The fourth-order valence-corrected chi connectivity index (χ4v) is 1.76. The van der Waals surface area contributed by atoms with Gasteiger partial charge in [0.05, 0.1) is 0 Å². The van der Waals surface area contributed by atoms with Crippen LogP contribution in [0.15, 0.2) is 54.6 Å². The van der Waals surface area contributed by atoms with Crippen LogP contribution in [-0.2, 0) is 16.1 Å². The van der Waals surface area contributed by atoms with Gasteiger partial charge in [0, 0.05) is 11.1 Å². The molecule has 0 atom stereocenters. The van der Waals surface area contributed by atoms with E-state index in [1.54, 1.807) is 12.1 Å². The van der Waals surface area contributed by atoms with E-state index < -0.39 is 11.8 Å². The van der Waals surface area contributed by atoms with Gasteiger partial charge in [-0.1, -0.05) is 54.6 Å². The van der Waals surface area contributed by atoms with Gasteiger partial charge in [0.25, 0.3) is 5.78 Å². The molecule has 21 heavy (non-hydrogen) atoms. The third kappa shape index (κ3) is 3.86. The smallest absolute Gasteiger partial charge is 0.380 e. The first-order chi connectivity index (χ1) is 10.1. The normalized spacial score (nSPS) is 9.95. The Bertz CT molecular complexity index is 657. The zero-order valence-electron chi connectivity index (χ0n) is 11.5. The van der Waals surface area contributed by atoms with Crippen LogP contribution in [0.1, 0.15) is 33.2 Å². The zero-order valence-corrected chi connectivity index (χ0v) is 11.5. The molecule has 0 amide bonds. The third-order valence-corrected chi connectivity index (χ3v) is 2.95. The van der Waals surface area contributed by atoms with E-state index in [1.807, 2.05) is 18.2 Å². The molecule has 2 rings (SSSR count). The summed E-state index contributed by atoms with van der Waals surface area (Å²) in [7, 11) is 0. The summed E-state index contributed by atoms with van der Waals surface area (Å²) in [5.74, 6) is -1.73. The van der Waals surface area contributed by atoms with Crippen molar-refractivity contribution in [2.45, 2.75) is 13.5 Å². The van der Waals surface area contributed by atoms with E-state index in [2.05, 4.69) is 0 Å². The van der Waals surface area contributed by atoms with Crippen LogP contribution in [0.2, 0.25) is 0 Å². The molecule has 0 aliphatic carbocycles. The van der Waals surface area contributed by atoms with E-state index in [1.165, 1.54) is 31.2 Å². The van der Waals surface area contributed by atoms with Crippen molar-refractivity contribution >= 4 is 17.5 Å². The fourth-order valence-electron chi connectivity index (χ4n) is 1.76. The number of carbonyl (C=O) groups is 3. The van der Waals surface area contributed by atoms with E-state index in [9.17, 15) is 14.4 Å². The Morgan fingerprint density at radius 1 is 0.857 bits per heavy atom. The standard InChI is InChI=1S/C17H14O4/c1-12(18)14-7-9-15(10-8-14)16(19)17(20)21-11-13-5-3-2-4-6-13/h2-10H,11H2,1H3. The van der Waals surface area contributed by atoms with E-state index in [-0.39, 0.29) is 18.0 Å². The van der Waals surface area contributed by atoms with E-state index in [0.717, 1.165) is 5.56 Å². The molecule has 0 saturated carbocycles. The molecule has 0 saturated heterocycles. The lowest BCUT2D eigenvalue weighted by Crippen LogP contribution is -2.17. The number of esters is 1. The maximum absolute atomic E-state index is 11.9. The first kappa shape index (κ1) is 14.7. The molecule has 106 valence electrons. The molecule has 0 unspecified atom stereocenters. The Kier molecular flexibility index (Phi) is 4.61. The van der Waals surface area contributed by atoms with Crippen molar-refractivity contribution in [2.24, 2.45) is 0 Å². The number of Topliss-reactive ketones (excluding diaryl/α,β-unsaturated/α-hetero) is 2. The molecule has 2 aromatic carbocycles. The van der Waals surface area contributed by atoms with E-state index >= 15 is 0 Å². The number of ketones is 2. The molecule has 2 aromatic rings. The Morgan fingerprint density at radius 2 is 1.43 bits per heavy atom. The molecular formula is C17H14O4. The Labute approximate surface area is 122 Å². The molecular weight excluding hydrogens is 268 g/mol. The van der Waals surface area contributed by atoms with Gasteiger partial charge in [-0.2, -0.15) is 0 Å². The van der Waals surface area contributed by atoms with Crippen molar-refractivity contribution in [1.29, 1.82) is 0 Å². The highest BCUT2D eigenvalue weighted by molar-refractivity contribution is 6.40. The summed E-state index contributed by atoms with van der Waals surface area (Å²) >= 11 is 0. The summed E-state index contributed by atoms with van der Waals surface area (Å²) in [6, 6.07) is 15.0. The number of hydrogen-bond acceptors (Lipinski definition) is 4. The maximum Gasteiger partial charge on any atom is 0.380 e. The maximum atomic E-state index is 11.9. The van der Waals surface area contributed by atoms with Gasteiger partial charge >= 0.3 is 5.97 Å². The summed E-state index contributed by atoms with van der Waals surface area (Å²) in [5.41, 5.74) is 1.51. The van der Waals surface area contributed by atoms with Gasteiger partial charge < -0.3 is 4.74 Å². The number of hydrogen-bond donors (Lipinski definition) is 0. The van der Waals surface area contributed by atoms with Crippen LogP contribution in [0.5, 0.6) is 0 Å². The second-order valence-electron chi connectivity index (χ2n) is 4.52. The number of carbonyl (C=O) groups excluding carboxylic acids is 3. The lowest BCUT2D eigenvalue weighted by atomic mass is 10.1. The predicted molar refractivity (Wildman–Crippen MR) is 77.0 cm³/mol. The molecule has 0 aromatic heterocycles. The highest BCUT2D eigenvalue weighted by Crippen LogP contribution is 2.08. The second-order valence-corrected chi connectivity index (χ2v) is 4.52. The van der Waals surface area contributed by atoms with Gasteiger partial charge in [-0.3, -0.25) is 9.59 Å². The predicted octanol–water partition coefficient (Wildman–Crippen LogP) is 2.82. The van der Waals surface area contributed by atoms with Crippen LogP contribution < -0.4 is 0 Å². The summed E-state index contributed by atoms with van der Waals surface area (Å²) in [6.45, 7) is 1.49. The van der Waals surface area contributed by atoms with Crippen molar-refractivity contribution in [3.63, 3.8) is 0 Å². The lowest BCUT2D eigenvalue weighted by Gasteiger charge is -2.04. The quantitative estimate of drug-likeness (QED) is 0.480. The molecule has 0 spiro atoms. The third-order valence-electron chi connectivity index (χ3n) is 2.95. The molecule has 0 radical (unpaired) electrons. The first-order valence-electron chi connectivity index (χ1n) is 6.44. The van der Waals surface area contributed by atoms with Crippen LogP contribution in [0, 0.1) is 0 Å². The number of ether oxygens (including phenoxy) is 1. The van der Waals surface area contributed by atoms with E-state index in [0.29, 0.717) is 5.56 Å². The minimum Gasteiger partial charge on any atom is -0.455 e. The summed E-state index contributed by atoms with van der Waals surface area (Å²) in [6.07, 6.45) is 0. The molecule has 0 fully saturated rings. The topological polar surface area (TPSA) is 60.4 Å². The summed E-state index contributed by atoms with van der Waals surface area (Å²) in [4.78, 5) is 34.7. The lowest BCUT2D eigenvalue weighted by molar-refractivity contribution is -0.139. The van der Waals surface area contributed by atoms with Gasteiger partial charge in [-0.25, -0.2) is 4.79 Å². The minimum absolute atomic E-state index is 0.0525. The monoisotopic (exact) mass is 282 g/mol. The van der Waals surface area contributed by atoms with Crippen LogP contribution in [0.25, 0.3) is 0 Å². The molecule has 0 bridgehead atoms. The minimum atomic E-state index is -0.908. The van der Waals surface area contributed by atoms with Gasteiger partial charge in [-0.05, 0) is 12.5 Å². The van der Waals surface area contributed by atoms with Crippen molar-refractivity contribution in [3.8, 4) is 0 Å². The molecule has 4 heteroatoms. The first-order valence-corrected chi connectivity index (χ1v) is 6.44. The average Bonchev–Trinajstić information content (AvgIpc) is 2.53. The molecule has 0 heterocycles. The molecule has 0 aliphatic rings. The Balaban J connectivity index is 1.99. The van der Waals surface area contributed by atoms with Crippen LogP contribution >= 0.6 is 0 Å². The van der Waals surface area contributed by atoms with Gasteiger partial charge in [-0.15, -0.1) is 0 Å². The van der Waals surface area contributed by atoms with Crippen molar-refractivity contribution in [3.05, 3.63) is 71.3 Å². The highest BCUT2D eigenvalue weighted by atomic mass is 16.5. The van der Waals surface area contributed by atoms with Crippen molar-refractivity contribution in [2.75, 3.05) is 0 Å². The highest BCUT2D eigenvalue weighted by Gasteiger charge is 2.18. The SMILES string of the molecule is CC(=O)c1ccc(C(=O)C(=O)OCc2ccccc2)cc1. The van der Waals surface area contributed by atoms with Gasteiger partial charge in [0.15, 0.2) is 5.78 Å². The molecule has 0 aliphatic heterocycles. The fraction of sp³-hybridized carbons (Fsp3) is 0.118. The second kappa shape index (κ2) is 6.61. The van der Waals surface area contributed by atoms with E-state index in [4.69, 9.17) is 4.74 Å². The summed E-state index contributed by atoms with van der Waals surface area (Å²) in [5, 5.41) is 0. The Morgan fingerprint density at radius 3 is 2.00 bits per heavy atom. The largest absolute Gasteiger partial charge is 0.455 e. The zero-order chi connectivity index (χ0) is 15.2. The number of rotatable bonds is 5. The van der Waals surface area contributed by atoms with Crippen LogP contribution in [0.3, 0.4) is 0 Å². The average molecular weight is 282 g/mol. The van der Waals surface area contributed by atoms with Crippen molar-refractivity contribution in [1.82, 2.24) is 0 Å². The molecule has 4 nitrogen and oxygen atoms in total. The van der Waals surface area contributed by atoms with Gasteiger partial charge in [0.1, 0.15) is 6.61 Å². The number of benzene rings is 2. The summed E-state index contributed by atoms with van der Waals surface area (Å²) < 4.78 is 4.97. The Hall–Kier alpha value is -2.75. The van der Waals surface area contributed by atoms with Crippen LogP contribution in [0.4, 0.5) is 0 Å². The molecule has 0 N–H and O–H groups in total. The van der Waals surface area contributed by atoms with Crippen molar-refractivity contribution < 1.29 is 19.1 Å².